The summed E-state index contributed by atoms with van der Waals surface area (Å²) in [5.41, 5.74) is 2.59. The molecule has 0 saturated carbocycles. The summed E-state index contributed by atoms with van der Waals surface area (Å²) in [6.45, 7) is 0.367. The van der Waals surface area contributed by atoms with Gasteiger partial charge in [-0.1, -0.05) is 17.7 Å². The second-order valence-electron chi connectivity index (χ2n) is 7.08. The Morgan fingerprint density at radius 2 is 1.81 bits per heavy atom. The number of anilines is 3. The number of amides is 2. The number of hydrogen-bond donors (Lipinski definition) is 3. The number of nitrogens with zero attached hydrogens (tertiary/aromatic N) is 2. The van der Waals surface area contributed by atoms with E-state index >= 15 is 0 Å². The van der Waals surface area contributed by atoms with E-state index in [0.29, 0.717) is 40.7 Å². The van der Waals surface area contributed by atoms with Gasteiger partial charge in [0.25, 0.3) is 5.91 Å². The first-order valence-electron chi connectivity index (χ1n) is 9.79. The van der Waals surface area contributed by atoms with E-state index in [9.17, 15) is 9.59 Å². The zero-order valence-electron chi connectivity index (χ0n) is 17.6. The molecule has 32 heavy (non-hydrogen) atoms. The van der Waals surface area contributed by atoms with Crippen LogP contribution in [0.3, 0.4) is 0 Å². The van der Waals surface area contributed by atoms with Crippen LogP contribution in [-0.2, 0) is 6.42 Å². The van der Waals surface area contributed by atoms with Crippen LogP contribution in [0.25, 0.3) is 0 Å². The van der Waals surface area contributed by atoms with Crippen molar-refractivity contribution in [1.29, 1.82) is 0 Å². The molecule has 0 fully saturated rings. The third-order valence-corrected chi connectivity index (χ3v) is 4.70. The lowest BCUT2D eigenvalue weighted by Gasteiger charge is -2.17. The van der Waals surface area contributed by atoms with E-state index in [2.05, 4.69) is 15.6 Å². The summed E-state index contributed by atoms with van der Waals surface area (Å²) >= 11 is 6.05. The Balaban J connectivity index is 1.56. The van der Waals surface area contributed by atoms with Gasteiger partial charge in [-0.25, -0.2) is 9.78 Å². The third kappa shape index (κ3) is 6.36. The molecule has 0 atom stereocenters. The van der Waals surface area contributed by atoms with Crippen LogP contribution in [0.1, 0.15) is 16.1 Å². The largest absolute Gasteiger partial charge is 0.493 e. The highest BCUT2D eigenvalue weighted by Gasteiger charge is 2.14. The van der Waals surface area contributed by atoms with E-state index in [1.807, 2.05) is 19.0 Å². The predicted molar refractivity (Wildman–Crippen MR) is 125 cm³/mol. The molecule has 3 N–H and O–H groups in total. The van der Waals surface area contributed by atoms with Crippen LogP contribution >= 0.6 is 11.6 Å². The first-order chi connectivity index (χ1) is 15.3. The van der Waals surface area contributed by atoms with Crippen molar-refractivity contribution in [3.05, 3.63) is 76.9 Å². The van der Waals surface area contributed by atoms with Crippen LogP contribution in [0.5, 0.6) is 5.75 Å². The normalized spacial score (nSPS) is 10.3. The number of halogens is 1. The number of ether oxygens (including phenoxy) is 1. The van der Waals surface area contributed by atoms with Gasteiger partial charge in [-0.15, -0.1) is 0 Å². The summed E-state index contributed by atoms with van der Waals surface area (Å²) in [6, 6.07) is 17.3. The second-order valence-corrected chi connectivity index (χ2v) is 7.51. The molecule has 0 spiro atoms. The molecule has 1 aromatic heterocycles. The first-order valence-corrected chi connectivity index (χ1v) is 10.2. The van der Waals surface area contributed by atoms with Gasteiger partial charge >= 0.3 is 6.09 Å². The molecular formula is C23H23ClN4O4. The maximum Gasteiger partial charge on any atom is 0.410 e. The minimum Gasteiger partial charge on any atom is -0.493 e. The summed E-state index contributed by atoms with van der Waals surface area (Å²) in [5, 5.41) is 14.4. The number of carbonyl (C=O) groups excluding carboxylic acids is 1. The summed E-state index contributed by atoms with van der Waals surface area (Å²) in [5.74, 6) is 0.677. The minimum atomic E-state index is -1.16. The molecule has 0 unspecified atom stereocenters. The minimum absolute atomic E-state index is 0.236. The van der Waals surface area contributed by atoms with Crippen molar-refractivity contribution in [2.75, 3.05) is 36.2 Å². The van der Waals surface area contributed by atoms with Gasteiger partial charge in [0.2, 0.25) is 0 Å². The van der Waals surface area contributed by atoms with Crippen molar-refractivity contribution in [2.24, 2.45) is 0 Å². The van der Waals surface area contributed by atoms with E-state index in [1.54, 1.807) is 60.7 Å². The second kappa shape index (κ2) is 10.5. The van der Waals surface area contributed by atoms with Gasteiger partial charge in [0.1, 0.15) is 11.6 Å². The molecule has 0 aliphatic rings. The standard InChI is InChI=1S/C23H23ClN4O4/c1-28(2)20-14-15(24)6-11-19(20)22(29)26-17-7-9-18(10-8-17)32-13-12-16-4-3-5-21(25-16)27-23(30)31/h3-11,14H,12-13H2,1-2H3,(H,25,27)(H,26,29)(H,30,31). The lowest BCUT2D eigenvalue weighted by molar-refractivity contribution is 0.102. The van der Waals surface area contributed by atoms with Gasteiger partial charge in [-0.3, -0.25) is 10.1 Å². The molecular weight excluding hydrogens is 432 g/mol. The number of aromatic nitrogens is 1. The average molecular weight is 455 g/mol. The first kappa shape index (κ1) is 22.9. The van der Waals surface area contributed by atoms with E-state index in [4.69, 9.17) is 21.4 Å². The van der Waals surface area contributed by atoms with Crippen LogP contribution in [0.2, 0.25) is 5.02 Å². The maximum atomic E-state index is 12.7. The average Bonchev–Trinajstić information content (AvgIpc) is 2.74. The molecule has 8 nitrogen and oxygen atoms in total. The molecule has 3 rings (SSSR count). The molecule has 3 aromatic rings. The third-order valence-electron chi connectivity index (χ3n) is 4.47. The zero-order chi connectivity index (χ0) is 23.1. The van der Waals surface area contributed by atoms with Gasteiger partial charge in [0.05, 0.1) is 17.9 Å². The fourth-order valence-electron chi connectivity index (χ4n) is 2.97. The van der Waals surface area contributed by atoms with Crippen molar-refractivity contribution < 1.29 is 19.4 Å². The van der Waals surface area contributed by atoms with Crippen LogP contribution in [-0.4, -0.2) is 42.8 Å². The summed E-state index contributed by atoms with van der Waals surface area (Å²) < 4.78 is 5.73. The fraction of sp³-hybridized carbons (Fsp3) is 0.174. The Bertz CT molecular complexity index is 1100. The highest BCUT2D eigenvalue weighted by atomic mass is 35.5. The summed E-state index contributed by atoms with van der Waals surface area (Å²) in [7, 11) is 3.70. The number of nitrogens with one attached hydrogen (secondary N) is 2. The Labute approximate surface area is 190 Å². The van der Waals surface area contributed by atoms with Gasteiger partial charge in [-0.05, 0) is 54.6 Å². The Hall–Kier alpha value is -3.78. The number of benzene rings is 2. The van der Waals surface area contributed by atoms with Crippen molar-refractivity contribution in [1.82, 2.24) is 4.98 Å². The van der Waals surface area contributed by atoms with Crippen molar-refractivity contribution in [3.63, 3.8) is 0 Å². The van der Waals surface area contributed by atoms with Gasteiger partial charge in [0.15, 0.2) is 0 Å². The van der Waals surface area contributed by atoms with E-state index < -0.39 is 6.09 Å². The summed E-state index contributed by atoms with van der Waals surface area (Å²) in [6.07, 6.45) is -0.649. The molecule has 2 aromatic carbocycles. The lowest BCUT2D eigenvalue weighted by atomic mass is 10.1. The number of hydrogen-bond acceptors (Lipinski definition) is 5. The number of rotatable bonds is 8. The molecule has 0 saturated heterocycles. The smallest absolute Gasteiger partial charge is 0.410 e. The zero-order valence-corrected chi connectivity index (χ0v) is 18.4. The number of carbonyl (C=O) groups is 2. The Morgan fingerprint density at radius 3 is 2.50 bits per heavy atom. The molecule has 1 heterocycles. The number of pyridine rings is 1. The van der Waals surface area contributed by atoms with E-state index in [0.717, 1.165) is 5.69 Å². The van der Waals surface area contributed by atoms with Gasteiger partial charge < -0.3 is 20.1 Å². The van der Waals surface area contributed by atoms with Crippen LogP contribution in [0, 0.1) is 0 Å². The fourth-order valence-corrected chi connectivity index (χ4v) is 3.14. The van der Waals surface area contributed by atoms with Crippen LogP contribution < -0.4 is 20.3 Å². The van der Waals surface area contributed by atoms with Gasteiger partial charge in [0, 0.05) is 36.9 Å². The van der Waals surface area contributed by atoms with E-state index in [-0.39, 0.29) is 11.7 Å². The van der Waals surface area contributed by atoms with Crippen molar-refractivity contribution >= 4 is 40.8 Å². The Kier molecular flexibility index (Phi) is 7.51. The predicted octanol–water partition coefficient (Wildman–Crippen LogP) is 4.76. The van der Waals surface area contributed by atoms with E-state index in [1.165, 1.54) is 0 Å². The monoisotopic (exact) mass is 454 g/mol. The molecule has 166 valence electrons. The highest BCUT2D eigenvalue weighted by Crippen LogP contribution is 2.25. The van der Waals surface area contributed by atoms with Crippen LogP contribution in [0.15, 0.2) is 60.7 Å². The SMILES string of the molecule is CN(C)c1cc(Cl)ccc1C(=O)Nc1ccc(OCCc2cccc(NC(=O)O)n2)cc1. The summed E-state index contributed by atoms with van der Waals surface area (Å²) in [4.78, 5) is 29.4. The number of carboxylic acid groups (broad SMARTS) is 1. The van der Waals surface area contributed by atoms with Crippen molar-refractivity contribution in [2.45, 2.75) is 6.42 Å². The molecule has 0 aliphatic heterocycles. The molecule has 0 radical (unpaired) electrons. The molecule has 0 aliphatic carbocycles. The molecule has 2 amide bonds. The molecule has 0 bridgehead atoms. The quantitative estimate of drug-likeness (QED) is 0.453. The van der Waals surface area contributed by atoms with Crippen molar-refractivity contribution in [3.8, 4) is 5.75 Å². The van der Waals surface area contributed by atoms with Crippen LogP contribution in [0.4, 0.5) is 22.0 Å². The topological polar surface area (TPSA) is 104 Å². The maximum absolute atomic E-state index is 12.7. The van der Waals surface area contributed by atoms with Gasteiger partial charge in [-0.2, -0.15) is 0 Å². The molecule has 9 heteroatoms. The highest BCUT2D eigenvalue weighted by molar-refractivity contribution is 6.31. The Morgan fingerprint density at radius 1 is 1.06 bits per heavy atom. The lowest BCUT2D eigenvalue weighted by Crippen LogP contribution is -2.18.